The van der Waals surface area contributed by atoms with E-state index in [2.05, 4.69) is 24.3 Å². The summed E-state index contributed by atoms with van der Waals surface area (Å²) in [4.78, 5) is 11.1. The van der Waals surface area contributed by atoms with Crippen LogP contribution in [0.4, 0.5) is 4.39 Å². The Balaban J connectivity index is 2.29. The van der Waals surface area contributed by atoms with Crippen molar-refractivity contribution in [1.29, 1.82) is 0 Å². The second-order valence-electron chi connectivity index (χ2n) is 5.27. The van der Waals surface area contributed by atoms with Crippen LogP contribution < -0.4 is 11.1 Å². The van der Waals surface area contributed by atoms with Gasteiger partial charge in [0.15, 0.2) is 0 Å². The minimum absolute atomic E-state index is 0.153. The van der Waals surface area contributed by atoms with Crippen LogP contribution in [-0.4, -0.2) is 22.2 Å². The molecule has 0 bridgehead atoms. The lowest BCUT2D eigenvalue weighted by molar-refractivity contribution is 0.0995. The third-order valence-corrected chi connectivity index (χ3v) is 3.04. The Morgan fingerprint density at radius 3 is 2.81 bits per heavy atom. The topological polar surface area (TPSA) is 72.9 Å². The summed E-state index contributed by atoms with van der Waals surface area (Å²) < 4.78 is 15.5. The molecule has 0 aliphatic carbocycles. The van der Waals surface area contributed by atoms with Crippen LogP contribution in [0.2, 0.25) is 0 Å². The van der Waals surface area contributed by atoms with Gasteiger partial charge in [0.25, 0.3) is 5.91 Å². The quantitative estimate of drug-likeness (QED) is 0.853. The molecule has 6 heteroatoms. The van der Waals surface area contributed by atoms with Crippen molar-refractivity contribution in [1.82, 2.24) is 15.1 Å². The van der Waals surface area contributed by atoms with E-state index in [1.54, 1.807) is 18.3 Å². The summed E-state index contributed by atoms with van der Waals surface area (Å²) in [5.74, 6) is -0.434. The van der Waals surface area contributed by atoms with Crippen molar-refractivity contribution in [3.8, 4) is 5.69 Å². The van der Waals surface area contributed by atoms with Gasteiger partial charge in [0.2, 0.25) is 0 Å². The maximum atomic E-state index is 14.1. The van der Waals surface area contributed by atoms with Gasteiger partial charge in [-0.15, -0.1) is 0 Å². The zero-order valence-electron chi connectivity index (χ0n) is 12.1. The van der Waals surface area contributed by atoms with Crippen molar-refractivity contribution in [2.24, 2.45) is 11.7 Å². The number of aromatic nitrogens is 2. The summed E-state index contributed by atoms with van der Waals surface area (Å²) in [5, 5.41) is 7.28. The van der Waals surface area contributed by atoms with Crippen LogP contribution in [0.1, 0.15) is 29.9 Å². The average molecular weight is 290 g/mol. The number of carbonyl (C=O) groups is 1. The number of nitrogens with two attached hydrogens (primary N) is 1. The molecule has 5 nitrogen and oxygen atoms in total. The van der Waals surface area contributed by atoms with Gasteiger partial charge in [-0.25, -0.2) is 9.07 Å². The lowest BCUT2D eigenvalue weighted by atomic mass is 10.1. The zero-order chi connectivity index (χ0) is 15.4. The predicted octanol–water partition coefficient (Wildman–Crippen LogP) is 1.86. The van der Waals surface area contributed by atoms with E-state index in [0.717, 1.165) is 6.54 Å². The summed E-state index contributed by atoms with van der Waals surface area (Å²) in [6, 6.07) is 6.29. The summed E-state index contributed by atoms with van der Waals surface area (Å²) in [6.45, 7) is 5.36. The molecule has 1 aromatic carbocycles. The Labute approximate surface area is 123 Å². The van der Waals surface area contributed by atoms with Gasteiger partial charge < -0.3 is 11.1 Å². The molecule has 0 aliphatic heterocycles. The Kier molecular flexibility index (Phi) is 4.70. The molecule has 112 valence electrons. The molecule has 2 rings (SSSR count). The molecule has 0 unspecified atom stereocenters. The number of amides is 1. The van der Waals surface area contributed by atoms with E-state index in [4.69, 9.17) is 5.73 Å². The van der Waals surface area contributed by atoms with Crippen molar-refractivity contribution in [3.63, 3.8) is 0 Å². The van der Waals surface area contributed by atoms with Crippen LogP contribution in [-0.2, 0) is 6.54 Å². The van der Waals surface area contributed by atoms with E-state index in [9.17, 15) is 9.18 Å². The van der Waals surface area contributed by atoms with E-state index >= 15 is 0 Å². The number of nitrogens with zero attached hydrogens (tertiary/aromatic N) is 2. The third kappa shape index (κ3) is 3.66. The average Bonchev–Trinajstić information content (AvgIpc) is 2.90. The Bertz CT molecular complexity index is 636. The Morgan fingerprint density at radius 1 is 1.43 bits per heavy atom. The highest BCUT2D eigenvalue weighted by atomic mass is 19.1. The summed E-state index contributed by atoms with van der Waals surface area (Å²) in [7, 11) is 0. The Morgan fingerprint density at radius 2 is 2.19 bits per heavy atom. The largest absolute Gasteiger partial charge is 0.364 e. The monoisotopic (exact) mass is 290 g/mol. The van der Waals surface area contributed by atoms with Gasteiger partial charge in [-0.1, -0.05) is 19.9 Å². The van der Waals surface area contributed by atoms with Gasteiger partial charge >= 0.3 is 0 Å². The number of carbonyl (C=O) groups excluding carboxylic acids is 1. The first-order valence-corrected chi connectivity index (χ1v) is 6.83. The van der Waals surface area contributed by atoms with E-state index in [0.29, 0.717) is 23.7 Å². The fraction of sp³-hybridized carbons (Fsp3) is 0.333. The van der Waals surface area contributed by atoms with Crippen molar-refractivity contribution in [2.45, 2.75) is 20.4 Å². The standard InChI is InChI=1S/C15H19FN4O/c1-10(2)8-18-9-11-12(16)4-3-5-14(11)20-7-6-13(19-20)15(17)21/h3-7,10,18H,8-9H2,1-2H3,(H2,17,21). The lowest BCUT2D eigenvalue weighted by Gasteiger charge is -2.13. The second kappa shape index (κ2) is 6.49. The van der Waals surface area contributed by atoms with Gasteiger partial charge in [0.1, 0.15) is 11.5 Å². The number of nitrogens with one attached hydrogen (secondary N) is 1. The summed E-state index contributed by atoms with van der Waals surface area (Å²) in [5.41, 5.74) is 6.45. The number of primary amides is 1. The first kappa shape index (κ1) is 15.2. The number of halogens is 1. The van der Waals surface area contributed by atoms with Crippen LogP contribution in [0.3, 0.4) is 0 Å². The maximum Gasteiger partial charge on any atom is 0.269 e. The first-order chi connectivity index (χ1) is 9.99. The molecule has 0 atom stereocenters. The van der Waals surface area contributed by atoms with Gasteiger partial charge in [0.05, 0.1) is 5.69 Å². The highest BCUT2D eigenvalue weighted by Gasteiger charge is 2.12. The molecule has 2 aromatic rings. The second-order valence-corrected chi connectivity index (χ2v) is 5.27. The number of hydrogen-bond acceptors (Lipinski definition) is 3. The van der Waals surface area contributed by atoms with E-state index < -0.39 is 5.91 Å². The molecule has 0 aliphatic rings. The molecule has 0 spiro atoms. The smallest absolute Gasteiger partial charge is 0.269 e. The molecule has 0 saturated heterocycles. The molecule has 1 amide bonds. The van der Waals surface area contributed by atoms with Gasteiger partial charge in [0, 0.05) is 18.3 Å². The van der Waals surface area contributed by atoms with Crippen molar-refractivity contribution >= 4 is 5.91 Å². The minimum Gasteiger partial charge on any atom is -0.364 e. The lowest BCUT2D eigenvalue weighted by Crippen LogP contribution is -2.21. The third-order valence-electron chi connectivity index (χ3n) is 3.04. The van der Waals surface area contributed by atoms with Crippen molar-refractivity contribution < 1.29 is 9.18 Å². The van der Waals surface area contributed by atoms with Crippen molar-refractivity contribution in [2.75, 3.05) is 6.54 Å². The SMILES string of the molecule is CC(C)CNCc1c(F)cccc1-n1ccc(C(N)=O)n1. The molecular weight excluding hydrogens is 271 g/mol. The molecule has 21 heavy (non-hydrogen) atoms. The van der Waals surface area contributed by atoms with Gasteiger partial charge in [-0.05, 0) is 30.7 Å². The van der Waals surface area contributed by atoms with E-state index in [1.165, 1.54) is 16.8 Å². The van der Waals surface area contributed by atoms with Crippen LogP contribution in [0.25, 0.3) is 5.69 Å². The molecule has 1 heterocycles. The highest BCUT2D eigenvalue weighted by Crippen LogP contribution is 2.18. The van der Waals surface area contributed by atoms with E-state index in [1.807, 2.05) is 0 Å². The van der Waals surface area contributed by atoms with Gasteiger partial charge in [-0.2, -0.15) is 5.10 Å². The maximum absolute atomic E-state index is 14.1. The van der Waals surface area contributed by atoms with Crippen LogP contribution in [0.15, 0.2) is 30.5 Å². The predicted molar refractivity (Wildman–Crippen MR) is 78.6 cm³/mol. The van der Waals surface area contributed by atoms with Crippen molar-refractivity contribution in [3.05, 3.63) is 47.5 Å². The fourth-order valence-electron chi connectivity index (χ4n) is 2.01. The summed E-state index contributed by atoms with van der Waals surface area (Å²) >= 11 is 0. The van der Waals surface area contributed by atoms with Crippen LogP contribution in [0, 0.1) is 11.7 Å². The molecule has 3 N–H and O–H groups in total. The molecule has 1 aromatic heterocycles. The summed E-state index contributed by atoms with van der Waals surface area (Å²) in [6.07, 6.45) is 1.60. The molecule has 0 radical (unpaired) electrons. The number of hydrogen-bond donors (Lipinski definition) is 2. The number of rotatable bonds is 6. The van der Waals surface area contributed by atoms with Gasteiger partial charge in [-0.3, -0.25) is 4.79 Å². The Hall–Kier alpha value is -2.21. The van der Waals surface area contributed by atoms with Crippen LogP contribution in [0.5, 0.6) is 0 Å². The molecule has 0 fully saturated rings. The normalized spacial score (nSPS) is 11.0. The van der Waals surface area contributed by atoms with Crippen LogP contribution >= 0.6 is 0 Å². The molecule has 0 saturated carbocycles. The zero-order valence-corrected chi connectivity index (χ0v) is 12.1. The highest BCUT2D eigenvalue weighted by molar-refractivity contribution is 5.90. The first-order valence-electron chi connectivity index (χ1n) is 6.83. The molecular formula is C15H19FN4O. The van der Waals surface area contributed by atoms with E-state index in [-0.39, 0.29) is 11.5 Å². The fourth-order valence-corrected chi connectivity index (χ4v) is 2.01. The minimum atomic E-state index is -0.607. The number of benzene rings is 1.